The minimum Gasteiger partial charge on any atom is -0.388 e. The number of aliphatic hydroxyl groups is 2. The maximum absolute atomic E-state index is 13.6. The van der Waals surface area contributed by atoms with Crippen LogP contribution in [0.2, 0.25) is 0 Å². The lowest BCUT2D eigenvalue weighted by Crippen LogP contribution is -2.31. The average molecular weight is 440 g/mol. The molecule has 1 fully saturated rings. The van der Waals surface area contributed by atoms with E-state index in [9.17, 15) is 19.0 Å². The molecular weight excluding hydrogens is 418 g/mol. The zero-order valence-electron chi connectivity index (χ0n) is 17.2. The van der Waals surface area contributed by atoms with Gasteiger partial charge in [0, 0.05) is 23.4 Å². The number of hydrogen-bond donors (Lipinski definition) is 3. The van der Waals surface area contributed by atoms with Crippen LogP contribution in [0.25, 0.3) is 11.1 Å². The highest BCUT2D eigenvalue weighted by atomic mass is 19.2. The van der Waals surface area contributed by atoms with Crippen molar-refractivity contribution in [2.75, 3.05) is 5.43 Å². The van der Waals surface area contributed by atoms with Crippen LogP contribution in [0.1, 0.15) is 18.7 Å². The molecule has 0 saturated carbocycles. The molecule has 32 heavy (non-hydrogen) atoms. The molecule has 4 atom stereocenters. The van der Waals surface area contributed by atoms with Crippen molar-refractivity contribution in [3.63, 3.8) is 0 Å². The van der Waals surface area contributed by atoms with Gasteiger partial charge in [0.2, 0.25) is 0 Å². The number of halogens is 2. The minimum atomic E-state index is -1.10. The first-order chi connectivity index (χ1) is 15.4. The number of nitrogens with zero attached hydrogens (tertiary/aromatic N) is 3. The van der Waals surface area contributed by atoms with Gasteiger partial charge in [0.15, 0.2) is 17.9 Å². The molecule has 3 aromatic rings. The van der Waals surface area contributed by atoms with Gasteiger partial charge in [-0.25, -0.2) is 13.8 Å². The zero-order chi connectivity index (χ0) is 22.4. The van der Waals surface area contributed by atoms with E-state index in [1.807, 2.05) is 36.5 Å². The Bertz CT molecular complexity index is 1170. The van der Waals surface area contributed by atoms with Gasteiger partial charge < -0.3 is 19.5 Å². The monoisotopic (exact) mass is 440 g/mol. The van der Waals surface area contributed by atoms with Gasteiger partial charge in [0.05, 0.1) is 18.3 Å². The summed E-state index contributed by atoms with van der Waals surface area (Å²) in [5.41, 5.74) is 6.10. The standard InChI is InChI=1S/C23H22F2N4O3/c1-13-20(30)21(31)23(32-13)29-11-16(14-5-3-2-4-6-14)17-10-28(12-26-22(17)29)27-15-7-8-18(24)19(25)9-15/h2-9,11-13,20-21,23,27,30-31H,10H2,1H3/t13-,20-,21-,23-/m1/s1. The van der Waals surface area contributed by atoms with E-state index in [2.05, 4.69) is 10.4 Å². The fourth-order valence-corrected chi connectivity index (χ4v) is 4.11. The lowest BCUT2D eigenvalue weighted by Gasteiger charge is -2.26. The molecule has 2 aliphatic heterocycles. The van der Waals surface area contributed by atoms with E-state index in [4.69, 9.17) is 4.74 Å². The van der Waals surface area contributed by atoms with Crippen molar-refractivity contribution in [3.8, 4) is 11.1 Å². The normalized spacial score (nSPS) is 24.6. The highest BCUT2D eigenvalue weighted by molar-refractivity contribution is 5.77. The molecule has 0 unspecified atom stereocenters. The second kappa shape index (κ2) is 8.01. The minimum absolute atomic E-state index is 0.371. The van der Waals surface area contributed by atoms with Crippen molar-refractivity contribution in [3.05, 3.63) is 71.9 Å². The number of benzene rings is 2. The van der Waals surface area contributed by atoms with Crippen molar-refractivity contribution in [2.45, 2.75) is 38.0 Å². The molecule has 7 nitrogen and oxygen atoms in total. The zero-order valence-corrected chi connectivity index (χ0v) is 17.2. The van der Waals surface area contributed by atoms with Crippen LogP contribution >= 0.6 is 0 Å². The van der Waals surface area contributed by atoms with Gasteiger partial charge in [0.1, 0.15) is 24.4 Å². The fourth-order valence-electron chi connectivity index (χ4n) is 4.11. The molecule has 0 radical (unpaired) electrons. The van der Waals surface area contributed by atoms with Crippen LogP contribution in [-0.4, -0.2) is 44.4 Å². The summed E-state index contributed by atoms with van der Waals surface area (Å²) in [5, 5.41) is 22.4. The third-order valence-electron chi connectivity index (χ3n) is 5.78. The fraction of sp³-hybridized carbons (Fsp3) is 0.261. The molecule has 3 heterocycles. The SMILES string of the molecule is C[C@H]1O[C@@H](n2cc(-c3ccccc3)c3c2N=CN(Nc2ccc(F)c(F)c2)C3)[C@H](O)[C@@H]1O. The van der Waals surface area contributed by atoms with Crippen molar-refractivity contribution in [2.24, 2.45) is 4.99 Å². The van der Waals surface area contributed by atoms with Gasteiger partial charge in [0.25, 0.3) is 0 Å². The van der Waals surface area contributed by atoms with Crippen LogP contribution in [0, 0.1) is 11.6 Å². The summed E-state index contributed by atoms with van der Waals surface area (Å²) in [7, 11) is 0. The quantitative estimate of drug-likeness (QED) is 0.578. The molecule has 1 saturated heterocycles. The Balaban J connectivity index is 1.51. The van der Waals surface area contributed by atoms with Gasteiger partial charge in [-0.2, -0.15) is 0 Å². The first kappa shape index (κ1) is 20.6. The Kier molecular flexibility index (Phi) is 5.16. The molecule has 0 bridgehead atoms. The summed E-state index contributed by atoms with van der Waals surface area (Å²) in [6.45, 7) is 2.08. The third-order valence-corrected chi connectivity index (χ3v) is 5.78. The summed E-state index contributed by atoms with van der Waals surface area (Å²) < 4.78 is 34.4. The van der Waals surface area contributed by atoms with Crippen molar-refractivity contribution in [1.82, 2.24) is 9.58 Å². The Morgan fingerprint density at radius 3 is 2.53 bits per heavy atom. The molecule has 3 N–H and O–H groups in total. The van der Waals surface area contributed by atoms with E-state index in [1.54, 1.807) is 16.5 Å². The summed E-state index contributed by atoms with van der Waals surface area (Å²) in [6.07, 6.45) is -0.00925. The highest BCUT2D eigenvalue weighted by Gasteiger charge is 2.42. The maximum Gasteiger partial charge on any atom is 0.164 e. The number of ether oxygens (including phenoxy) is 1. The number of rotatable bonds is 4. The lowest BCUT2D eigenvalue weighted by molar-refractivity contribution is -0.0308. The number of hydrogen-bond acceptors (Lipinski definition) is 6. The highest BCUT2D eigenvalue weighted by Crippen LogP contribution is 2.41. The number of fused-ring (bicyclic) bond motifs is 1. The Morgan fingerprint density at radius 1 is 1.06 bits per heavy atom. The average Bonchev–Trinajstić information content (AvgIpc) is 3.29. The number of anilines is 1. The number of nitrogens with one attached hydrogen (secondary N) is 1. The van der Waals surface area contributed by atoms with Crippen LogP contribution in [0.5, 0.6) is 0 Å². The van der Waals surface area contributed by atoms with Crippen LogP contribution in [0.3, 0.4) is 0 Å². The topological polar surface area (TPSA) is 82.2 Å². The van der Waals surface area contributed by atoms with Crippen LogP contribution in [-0.2, 0) is 11.3 Å². The van der Waals surface area contributed by atoms with Crippen molar-refractivity contribution >= 4 is 17.8 Å². The summed E-state index contributed by atoms with van der Waals surface area (Å²) >= 11 is 0. The van der Waals surface area contributed by atoms with E-state index in [0.717, 1.165) is 28.8 Å². The summed E-state index contributed by atoms with van der Waals surface area (Å²) in [5.74, 6) is -1.27. The molecule has 0 spiro atoms. The van der Waals surface area contributed by atoms with Crippen LogP contribution < -0.4 is 5.43 Å². The number of hydrazine groups is 1. The van der Waals surface area contributed by atoms with Crippen molar-refractivity contribution < 1.29 is 23.7 Å². The van der Waals surface area contributed by atoms with Crippen LogP contribution in [0.4, 0.5) is 20.3 Å². The maximum atomic E-state index is 13.6. The van der Waals surface area contributed by atoms with Gasteiger partial charge in [-0.05, 0) is 24.6 Å². The summed E-state index contributed by atoms with van der Waals surface area (Å²) in [6, 6.07) is 13.3. The molecule has 9 heteroatoms. The Labute approximate surface area is 183 Å². The first-order valence-corrected chi connectivity index (χ1v) is 10.3. The molecule has 2 aromatic carbocycles. The molecule has 5 rings (SSSR count). The molecule has 166 valence electrons. The van der Waals surface area contributed by atoms with Gasteiger partial charge in [-0.1, -0.05) is 30.3 Å². The molecule has 0 amide bonds. The van der Waals surface area contributed by atoms with E-state index in [1.165, 1.54) is 12.4 Å². The largest absolute Gasteiger partial charge is 0.388 e. The predicted octanol–water partition coefficient (Wildman–Crippen LogP) is 3.57. The first-order valence-electron chi connectivity index (χ1n) is 10.3. The lowest BCUT2D eigenvalue weighted by atomic mass is 10.0. The van der Waals surface area contributed by atoms with Gasteiger partial charge in [-0.15, -0.1) is 0 Å². The third kappa shape index (κ3) is 3.54. The smallest absolute Gasteiger partial charge is 0.164 e. The number of aromatic nitrogens is 1. The van der Waals surface area contributed by atoms with E-state index in [-0.39, 0.29) is 0 Å². The van der Waals surface area contributed by atoms with E-state index >= 15 is 0 Å². The van der Waals surface area contributed by atoms with E-state index in [0.29, 0.717) is 18.1 Å². The number of aliphatic hydroxyl groups excluding tert-OH is 2. The number of aliphatic imine (C=N–C) groups is 1. The van der Waals surface area contributed by atoms with E-state index < -0.39 is 36.2 Å². The predicted molar refractivity (Wildman–Crippen MR) is 115 cm³/mol. The molecule has 2 aliphatic rings. The van der Waals surface area contributed by atoms with Gasteiger partial charge in [-0.3, -0.25) is 10.4 Å². The van der Waals surface area contributed by atoms with Gasteiger partial charge >= 0.3 is 0 Å². The Hall–Kier alpha value is -3.27. The molecular formula is C23H22F2N4O3. The van der Waals surface area contributed by atoms with Crippen molar-refractivity contribution in [1.29, 1.82) is 0 Å². The second-order valence-electron chi connectivity index (χ2n) is 7.94. The molecule has 1 aromatic heterocycles. The summed E-state index contributed by atoms with van der Waals surface area (Å²) in [4.78, 5) is 4.55. The Morgan fingerprint density at radius 2 is 1.84 bits per heavy atom. The second-order valence-corrected chi connectivity index (χ2v) is 7.94. The molecule has 0 aliphatic carbocycles. The van der Waals surface area contributed by atoms with Crippen LogP contribution in [0.15, 0.2) is 59.7 Å².